The van der Waals surface area contributed by atoms with Crippen molar-refractivity contribution in [1.82, 2.24) is 9.47 Å². The van der Waals surface area contributed by atoms with E-state index in [0.717, 1.165) is 53.5 Å². The number of ether oxygens (including phenoxy) is 1. The Morgan fingerprint density at radius 2 is 1.75 bits per heavy atom. The van der Waals surface area contributed by atoms with E-state index >= 15 is 0 Å². The number of methoxy groups -OCH3 is 1. The van der Waals surface area contributed by atoms with Crippen LogP contribution in [0.4, 0.5) is 0 Å². The lowest BCUT2D eigenvalue weighted by Gasteiger charge is -2.30. The summed E-state index contributed by atoms with van der Waals surface area (Å²) >= 11 is 0. The molecule has 0 bridgehead atoms. The van der Waals surface area contributed by atoms with E-state index in [-0.39, 0.29) is 22.8 Å². The van der Waals surface area contributed by atoms with Gasteiger partial charge >= 0.3 is 0 Å². The lowest BCUT2D eigenvalue weighted by atomic mass is 9.84. The molecule has 1 atom stereocenters. The SMILES string of the molecule is COc1ccc(/C(O)=C2\C(=O)C(=O)N(C3CCCC3)C2c2cn(C)c3ccccc23)cc1C(C)(C)C. The molecule has 0 radical (unpaired) electrons. The molecule has 6 heteroatoms. The predicted octanol–water partition coefficient (Wildman–Crippen LogP) is 5.85. The summed E-state index contributed by atoms with van der Waals surface area (Å²) in [6, 6.07) is 12.8. The van der Waals surface area contributed by atoms with Crippen LogP contribution in [-0.4, -0.2) is 39.4 Å². The first kappa shape index (κ1) is 24.2. The van der Waals surface area contributed by atoms with Gasteiger partial charge in [0.15, 0.2) is 0 Å². The van der Waals surface area contributed by atoms with Crippen LogP contribution in [0.2, 0.25) is 0 Å². The number of hydrogen-bond donors (Lipinski definition) is 1. The van der Waals surface area contributed by atoms with Crippen LogP contribution in [0, 0.1) is 0 Å². The third kappa shape index (κ3) is 3.80. The topological polar surface area (TPSA) is 71.8 Å². The van der Waals surface area contributed by atoms with Crippen molar-refractivity contribution in [3.05, 3.63) is 70.9 Å². The van der Waals surface area contributed by atoms with Gasteiger partial charge in [0.05, 0.1) is 18.7 Å². The highest BCUT2D eigenvalue weighted by molar-refractivity contribution is 6.46. The molecule has 1 aliphatic carbocycles. The van der Waals surface area contributed by atoms with E-state index in [2.05, 4.69) is 20.8 Å². The van der Waals surface area contributed by atoms with Gasteiger partial charge in [-0.25, -0.2) is 0 Å². The van der Waals surface area contributed by atoms with Crippen LogP contribution in [0.3, 0.4) is 0 Å². The minimum atomic E-state index is -0.639. The van der Waals surface area contributed by atoms with Gasteiger partial charge in [-0.3, -0.25) is 9.59 Å². The third-order valence-corrected chi connectivity index (χ3v) is 7.70. The molecule has 1 aliphatic heterocycles. The number of para-hydroxylation sites is 1. The fourth-order valence-electron chi connectivity index (χ4n) is 5.90. The van der Waals surface area contributed by atoms with Crippen molar-refractivity contribution in [2.24, 2.45) is 7.05 Å². The number of aliphatic hydroxyl groups excluding tert-OH is 1. The van der Waals surface area contributed by atoms with Gasteiger partial charge in [0.1, 0.15) is 11.5 Å². The number of likely N-dealkylation sites (tertiary alicyclic amines) is 1. The van der Waals surface area contributed by atoms with Gasteiger partial charge in [-0.15, -0.1) is 0 Å². The maximum Gasteiger partial charge on any atom is 0.295 e. The van der Waals surface area contributed by atoms with Gasteiger partial charge in [0.25, 0.3) is 11.7 Å². The van der Waals surface area contributed by atoms with Crippen molar-refractivity contribution in [2.75, 3.05) is 7.11 Å². The van der Waals surface area contributed by atoms with Crippen molar-refractivity contribution < 1.29 is 19.4 Å². The fourth-order valence-corrected chi connectivity index (χ4v) is 5.90. The van der Waals surface area contributed by atoms with Crippen LogP contribution in [-0.2, 0) is 22.1 Å². The summed E-state index contributed by atoms with van der Waals surface area (Å²) in [6.45, 7) is 6.22. The maximum atomic E-state index is 13.6. The fraction of sp³-hybridized carbons (Fsp3) is 0.400. The number of aryl methyl sites for hydroxylation is 1. The molecule has 1 N–H and O–H groups in total. The van der Waals surface area contributed by atoms with Crippen molar-refractivity contribution in [1.29, 1.82) is 0 Å². The molecule has 2 aromatic carbocycles. The molecule has 6 nitrogen and oxygen atoms in total. The number of ketones is 1. The van der Waals surface area contributed by atoms with E-state index in [4.69, 9.17) is 4.74 Å². The zero-order valence-electron chi connectivity index (χ0n) is 21.7. The van der Waals surface area contributed by atoms with Gasteiger partial charge in [-0.05, 0) is 42.5 Å². The van der Waals surface area contributed by atoms with Gasteiger partial charge in [-0.1, -0.05) is 51.8 Å². The van der Waals surface area contributed by atoms with E-state index in [1.165, 1.54) is 0 Å². The Hall–Kier alpha value is -3.54. The van der Waals surface area contributed by atoms with E-state index in [1.807, 2.05) is 54.2 Å². The number of hydrogen-bond acceptors (Lipinski definition) is 4. The number of carbonyl (C=O) groups excluding carboxylic acids is 2. The minimum absolute atomic E-state index is 0.0169. The number of aliphatic hydroxyl groups is 1. The second kappa shape index (κ2) is 8.84. The molecule has 0 spiro atoms. The van der Waals surface area contributed by atoms with Crippen LogP contribution in [0.1, 0.15) is 69.2 Å². The molecule has 1 saturated heterocycles. The average molecular weight is 487 g/mol. The first-order valence-corrected chi connectivity index (χ1v) is 12.7. The van der Waals surface area contributed by atoms with E-state index in [0.29, 0.717) is 5.56 Å². The van der Waals surface area contributed by atoms with Crippen LogP contribution in [0.15, 0.2) is 54.2 Å². The summed E-state index contributed by atoms with van der Waals surface area (Å²) in [5, 5.41) is 12.6. The zero-order valence-corrected chi connectivity index (χ0v) is 21.7. The third-order valence-electron chi connectivity index (χ3n) is 7.70. The molecule has 5 rings (SSSR count). The van der Waals surface area contributed by atoms with E-state index in [1.54, 1.807) is 18.1 Å². The molecule has 2 heterocycles. The number of aromatic nitrogens is 1. The van der Waals surface area contributed by atoms with Crippen LogP contribution < -0.4 is 4.74 Å². The van der Waals surface area contributed by atoms with Crippen LogP contribution in [0.25, 0.3) is 16.7 Å². The summed E-state index contributed by atoms with van der Waals surface area (Å²) in [6.07, 6.45) is 5.79. The number of carbonyl (C=O) groups is 2. The highest BCUT2D eigenvalue weighted by Crippen LogP contribution is 2.46. The summed E-state index contributed by atoms with van der Waals surface area (Å²) in [7, 11) is 3.59. The van der Waals surface area contributed by atoms with Crippen LogP contribution >= 0.6 is 0 Å². The quantitative estimate of drug-likeness (QED) is 0.285. The largest absolute Gasteiger partial charge is 0.507 e. The second-order valence-corrected chi connectivity index (χ2v) is 11.0. The van der Waals surface area contributed by atoms with Gasteiger partial charge in [0, 0.05) is 46.9 Å². The van der Waals surface area contributed by atoms with Gasteiger partial charge < -0.3 is 19.3 Å². The Kier molecular flexibility index (Phi) is 5.93. The summed E-state index contributed by atoms with van der Waals surface area (Å²) in [5.74, 6) is -0.563. The summed E-state index contributed by atoms with van der Waals surface area (Å²) in [5.41, 5.74) is 3.23. The standard InChI is InChI=1S/C30H34N2O4/c1-30(2,3)22-16-18(14-15-24(22)36-5)27(33)25-26(21-17-31(4)23-13-9-8-12-20(21)23)32(29(35)28(25)34)19-10-6-7-11-19/h8-9,12-17,19,26,33H,6-7,10-11H2,1-5H3/b27-25+. The molecule has 2 fully saturated rings. The van der Waals surface area contributed by atoms with Crippen molar-refractivity contribution >= 4 is 28.4 Å². The highest BCUT2D eigenvalue weighted by atomic mass is 16.5. The van der Waals surface area contributed by atoms with Crippen LogP contribution in [0.5, 0.6) is 5.75 Å². The maximum absolute atomic E-state index is 13.6. The number of benzene rings is 2. The van der Waals surface area contributed by atoms with Gasteiger partial charge in [-0.2, -0.15) is 0 Å². The Labute approximate surface area is 212 Å². The van der Waals surface area contributed by atoms with E-state index < -0.39 is 17.7 Å². The van der Waals surface area contributed by atoms with E-state index in [9.17, 15) is 14.7 Å². The lowest BCUT2D eigenvalue weighted by Crippen LogP contribution is -2.37. The zero-order chi connectivity index (χ0) is 25.8. The minimum Gasteiger partial charge on any atom is -0.507 e. The van der Waals surface area contributed by atoms with Gasteiger partial charge in [0.2, 0.25) is 0 Å². The highest BCUT2D eigenvalue weighted by Gasteiger charge is 2.50. The Balaban J connectivity index is 1.75. The summed E-state index contributed by atoms with van der Waals surface area (Å²) in [4.78, 5) is 28.8. The Morgan fingerprint density at radius 1 is 1.06 bits per heavy atom. The number of nitrogens with zero attached hydrogens (tertiary/aromatic N) is 2. The molecule has 188 valence electrons. The molecule has 1 unspecified atom stereocenters. The number of Topliss-reactive ketones (excluding diaryl/α,β-unsaturated/α-hetero) is 1. The first-order chi connectivity index (χ1) is 17.1. The first-order valence-electron chi connectivity index (χ1n) is 12.7. The second-order valence-electron chi connectivity index (χ2n) is 11.0. The smallest absolute Gasteiger partial charge is 0.295 e. The monoisotopic (exact) mass is 486 g/mol. The van der Waals surface area contributed by atoms with Crippen molar-refractivity contribution in [3.8, 4) is 5.75 Å². The Morgan fingerprint density at radius 3 is 2.42 bits per heavy atom. The van der Waals surface area contributed by atoms with Crippen molar-refractivity contribution in [3.63, 3.8) is 0 Å². The molecule has 1 aromatic heterocycles. The molecular weight excluding hydrogens is 452 g/mol. The molecular formula is C30H34N2O4. The number of amides is 1. The Bertz CT molecular complexity index is 1390. The molecule has 3 aromatic rings. The molecule has 1 amide bonds. The summed E-state index contributed by atoms with van der Waals surface area (Å²) < 4.78 is 7.58. The molecule has 36 heavy (non-hydrogen) atoms. The normalized spacial score (nSPS) is 20.6. The van der Waals surface area contributed by atoms with Crippen molar-refractivity contribution in [2.45, 2.75) is 64.0 Å². The lowest BCUT2D eigenvalue weighted by molar-refractivity contribution is -0.141. The molecule has 2 aliphatic rings. The molecule has 1 saturated carbocycles. The number of rotatable bonds is 4. The average Bonchev–Trinajstić information content (AvgIpc) is 3.56. The predicted molar refractivity (Wildman–Crippen MR) is 141 cm³/mol. The number of fused-ring (bicyclic) bond motifs is 1.